The summed E-state index contributed by atoms with van der Waals surface area (Å²) in [5.41, 5.74) is 0.240. The Balaban J connectivity index is 2.00. The van der Waals surface area contributed by atoms with E-state index in [4.69, 9.17) is 0 Å². The fourth-order valence-electron chi connectivity index (χ4n) is 3.48. The van der Waals surface area contributed by atoms with E-state index in [1.807, 2.05) is 4.90 Å². The van der Waals surface area contributed by atoms with Gasteiger partial charge in [-0.15, -0.1) is 0 Å². The number of hydrogen-bond acceptors (Lipinski definition) is 5. The third-order valence-electron chi connectivity index (χ3n) is 4.74. The predicted molar refractivity (Wildman–Crippen MR) is 85.4 cm³/mol. The highest BCUT2D eigenvalue weighted by Crippen LogP contribution is 2.31. The second-order valence-electron chi connectivity index (χ2n) is 6.38. The van der Waals surface area contributed by atoms with Crippen molar-refractivity contribution in [3.63, 3.8) is 0 Å². The summed E-state index contributed by atoms with van der Waals surface area (Å²) < 4.78 is 63.4. The summed E-state index contributed by atoms with van der Waals surface area (Å²) in [5, 5.41) is -0.976. The minimum atomic E-state index is -3.82. The second-order valence-corrected chi connectivity index (χ2v) is 10.7. The maximum atomic E-state index is 13.4. The molecular formula is C15H20FNO4S2. The minimum Gasteiger partial charge on any atom is -0.298 e. The van der Waals surface area contributed by atoms with E-state index >= 15 is 0 Å². The second kappa shape index (κ2) is 5.82. The van der Waals surface area contributed by atoms with Gasteiger partial charge in [0.1, 0.15) is 5.82 Å². The van der Waals surface area contributed by atoms with Crippen molar-refractivity contribution >= 4 is 19.7 Å². The van der Waals surface area contributed by atoms with Crippen molar-refractivity contribution in [3.8, 4) is 0 Å². The van der Waals surface area contributed by atoms with Gasteiger partial charge in [0.15, 0.2) is 19.7 Å². The lowest BCUT2D eigenvalue weighted by Gasteiger charge is -2.27. The molecule has 2 heterocycles. The van der Waals surface area contributed by atoms with Crippen LogP contribution in [-0.4, -0.2) is 57.6 Å². The van der Waals surface area contributed by atoms with Crippen LogP contribution in [0.4, 0.5) is 4.39 Å². The van der Waals surface area contributed by atoms with Gasteiger partial charge < -0.3 is 0 Å². The highest BCUT2D eigenvalue weighted by molar-refractivity contribution is 7.96. The van der Waals surface area contributed by atoms with Crippen LogP contribution in [0.25, 0.3) is 0 Å². The number of likely N-dealkylation sites (tertiary alicyclic amines) is 1. The van der Waals surface area contributed by atoms with Crippen molar-refractivity contribution in [2.75, 3.05) is 24.6 Å². The predicted octanol–water partition coefficient (Wildman–Crippen LogP) is 1.17. The molecule has 2 fully saturated rings. The number of nitrogens with zero attached hydrogens (tertiary/aromatic N) is 1. The third kappa shape index (κ3) is 3.16. The molecule has 2 aliphatic rings. The molecule has 0 aromatic heterocycles. The molecule has 2 atom stereocenters. The highest BCUT2D eigenvalue weighted by Gasteiger charge is 2.48. The van der Waals surface area contributed by atoms with Gasteiger partial charge in [-0.2, -0.15) is 0 Å². The van der Waals surface area contributed by atoms with Crippen LogP contribution in [0.1, 0.15) is 18.4 Å². The third-order valence-corrected chi connectivity index (χ3v) is 8.85. The molecule has 0 N–H and O–H groups in total. The molecule has 0 amide bonds. The maximum Gasteiger partial charge on any atom is 0.183 e. The fourth-order valence-corrected chi connectivity index (χ4v) is 8.39. The van der Waals surface area contributed by atoms with Gasteiger partial charge in [-0.25, -0.2) is 21.2 Å². The molecule has 23 heavy (non-hydrogen) atoms. The molecule has 3 rings (SSSR count). The van der Waals surface area contributed by atoms with Gasteiger partial charge in [-0.05, 0) is 56.6 Å². The first-order chi connectivity index (χ1) is 10.7. The van der Waals surface area contributed by atoms with Crippen LogP contribution in [-0.2, 0) is 19.7 Å². The van der Waals surface area contributed by atoms with Crippen molar-refractivity contribution in [1.29, 1.82) is 0 Å². The van der Waals surface area contributed by atoms with Gasteiger partial charge >= 0.3 is 0 Å². The molecule has 0 radical (unpaired) electrons. The van der Waals surface area contributed by atoms with Crippen LogP contribution in [0.3, 0.4) is 0 Å². The standard InChI is InChI=1S/C15H20FNO4S2/c1-11-8-12(4-5-13(11)16)23(20,21)15-10-22(18,19)9-14(15)17-6-2-3-7-17/h4-5,8,14-15H,2-3,6-7,9-10H2,1H3/t14-,15-/m1/s1. The Morgan fingerprint density at radius 3 is 2.43 bits per heavy atom. The summed E-state index contributed by atoms with van der Waals surface area (Å²) in [6.07, 6.45) is 1.91. The zero-order chi connectivity index (χ0) is 16.8. The normalized spacial score (nSPS) is 28.3. The van der Waals surface area contributed by atoms with Crippen LogP contribution in [0.5, 0.6) is 0 Å². The van der Waals surface area contributed by atoms with E-state index in [0.29, 0.717) is 0 Å². The zero-order valence-corrected chi connectivity index (χ0v) is 14.5. The summed E-state index contributed by atoms with van der Waals surface area (Å²) in [6, 6.07) is 3.13. The first kappa shape index (κ1) is 16.9. The highest BCUT2D eigenvalue weighted by atomic mass is 32.2. The van der Waals surface area contributed by atoms with E-state index < -0.39 is 36.8 Å². The first-order valence-electron chi connectivity index (χ1n) is 7.65. The van der Waals surface area contributed by atoms with Crippen molar-refractivity contribution in [2.45, 2.75) is 36.0 Å². The largest absolute Gasteiger partial charge is 0.298 e. The SMILES string of the molecule is Cc1cc(S(=O)(=O)[C@@H]2CS(=O)(=O)C[C@H]2N2CCCC2)ccc1F. The summed E-state index contributed by atoms with van der Waals surface area (Å²) in [7, 11) is -7.21. The molecule has 0 saturated carbocycles. The lowest BCUT2D eigenvalue weighted by molar-refractivity contribution is 0.264. The number of rotatable bonds is 3. The number of halogens is 1. The van der Waals surface area contributed by atoms with E-state index in [0.717, 1.165) is 32.0 Å². The van der Waals surface area contributed by atoms with E-state index in [9.17, 15) is 21.2 Å². The molecule has 0 spiro atoms. The van der Waals surface area contributed by atoms with E-state index in [-0.39, 0.29) is 22.0 Å². The van der Waals surface area contributed by atoms with Crippen molar-refractivity contribution in [1.82, 2.24) is 4.90 Å². The lowest BCUT2D eigenvalue weighted by Crippen LogP contribution is -2.45. The van der Waals surface area contributed by atoms with Crippen LogP contribution in [0.15, 0.2) is 23.1 Å². The molecule has 1 aromatic carbocycles. The van der Waals surface area contributed by atoms with E-state index in [1.165, 1.54) is 19.1 Å². The van der Waals surface area contributed by atoms with Gasteiger partial charge in [-0.1, -0.05) is 0 Å². The molecule has 0 aliphatic carbocycles. The lowest BCUT2D eigenvalue weighted by atomic mass is 10.2. The molecular weight excluding hydrogens is 341 g/mol. The number of benzene rings is 1. The average molecular weight is 361 g/mol. The summed E-state index contributed by atoms with van der Waals surface area (Å²) in [4.78, 5) is 1.98. The van der Waals surface area contributed by atoms with Crippen molar-refractivity contribution in [3.05, 3.63) is 29.6 Å². The summed E-state index contributed by atoms with van der Waals surface area (Å²) in [5.74, 6) is -0.941. The van der Waals surface area contributed by atoms with Crippen LogP contribution in [0.2, 0.25) is 0 Å². The molecule has 128 valence electrons. The fraction of sp³-hybridized carbons (Fsp3) is 0.600. The Morgan fingerprint density at radius 1 is 1.17 bits per heavy atom. The maximum absolute atomic E-state index is 13.4. The molecule has 8 heteroatoms. The van der Waals surface area contributed by atoms with E-state index in [2.05, 4.69) is 0 Å². The minimum absolute atomic E-state index is 0.00250. The Morgan fingerprint density at radius 2 is 1.83 bits per heavy atom. The Labute approximate surface area is 136 Å². The quantitative estimate of drug-likeness (QED) is 0.756. The van der Waals surface area contributed by atoms with Crippen LogP contribution < -0.4 is 0 Å². The Hall–Kier alpha value is -0.990. The van der Waals surface area contributed by atoms with Gasteiger partial charge in [0.2, 0.25) is 0 Å². The zero-order valence-electron chi connectivity index (χ0n) is 12.9. The average Bonchev–Trinajstić information content (AvgIpc) is 3.08. The van der Waals surface area contributed by atoms with Crippen molar-refractivity contribution < 1.29 is 21.2 Å². The van der Waals surface area contributed by atoms with Gasteiger partial charge in [0.25, 0.3) is 0 Å². The molecule has 5 nitrogen and oxygen atoms in total. The smallest absolute Gasteiger partial charge is 0.183 e. The summed E-state index contributed by atoms with van der Waals surface area (Å²) >= 11 is 0. The monoisotopic (exact) mass is 361 g/mol. The first-order valence-corrected chi connectivity index (χ1v) is 11.0. The van der Waals surface area contributed by atoms with Gasteiger partial charge in [0, 0.05) is 6.04 Å². The Kier molecular flexibility index (Phi) is 4.27. The topological polar surface area (TPSA) is 71.5 Å². The number of sulfone groups is 2. The Bertz CT molecular complexity index is 814. The molecule has 0 unspecified atom stereocenters. The number of aryl methyl sites for hydroxylation is 1. The molecule has 2 saturated heterocycles. The van der Waals surface area contributed by atoms with Gasteiger partial charge in [-0.3, -0.25) is 4.90 Å². The van der Waals surface area contributed by atoms with Crippen LogP contribution >= 0.6 is 0 Å². The molecule has 0 bridgehead atoms. The molecule has 1 aromatic rings. The van der Waals surface area contributed by atoms with E-state index in [1.54, 1.807) is 0 Å². The van der Waals surface area contributed by atoms with Crippen LogP contribution in [0, 0.1) is 12.7 Å². The molecule has 2 aliphatic heterocycles. The summed E-state index contributed by atoms with van der Waals surface area (Å²) in [6.45, 7) is 2.96. The number of hydrogen-bond donors (Lipinski definition) is 0. The van der Waals surface area contributed by atoms with Gasteiger partial charge in [0.05, 0.1) is 21.7 Å². The van der Waals surface area contributed by atoms with Crippen molar-refractivity contribution in [2.24, 2.45) is 0 Å².